The van der Waals surface area contributed by atoms with Crippen LogP contribution >= 0.6 is 0 Å². The van der Waals surface area contributed by atoms with Gasteiger partial charge in [-0.25, -0.2) is 15.0 Å². The summed E-state index contributed by atoms with van der Waals surface area (Å²) in [6.07, 6.45) is 3.69. The number of carbonyl (C=O) groups excluding carboxylic acids is 1. The lowest BCUT2D eigenvalue weighted by Gasteiger charge is -2.08. The number of benzene rings is 1. The number of anilines is 1. The Bertz CT molecular complexity index is 914. The van der Waals surface area contributed by atoms with Crippen LogP contribution in [-0.4, -0.2) is 38.4 Å². The Morgan fingerprint density at radius 2 is 1.92 bits per heavy atom. The summed E-state index contributed by atoms with van der Waals surface area (Å²) in [6.45, 7) is 8.65. The zero-order valence-corrected chi connectivity index (χ0v) is 15.6. The van der Waals surface area contributed by atoms with Gasteiger partial charge in [-0.3, -0.25) is 4.79 Å². The zero-order chi connectivity index (χ0) is 18.7. The number of nitrogens with zero attached hydrogens (tertiary/aromatic N) is 3. The van der Waals surface area contributed by atoms with E-state index in [4.69, 9.17) is 0 Å². The Balaban J connectivity index is 1.57. The third-order valence-electron chi connectivity index (χ3n) is 4.21. The second-order valence-corrected chi connectivity index (χ2v) is 6.69. The molecule has 0 aliphatic rings. The van der Waals surface area contributed by atoms with Crippen LogP contribution in [0.4, 0.5) is 5.95 Å². The molecule has 136 valence electrons. The molecule has 7 heteroatoms. The van der Waals surface area contributed by atoms with Crippen LogP contribution in [0.2, 0.25) is 0 Å². The van der Waals surface area contributed by atoms with E-state index in [-0.39, 0.29) is 11.9 Å². The van der Waals surface area contributed by atoms with Crippen molar-refractivity contribution in [2.45, 2.75) is 40.2 Å². The first-order valence-electron chi connectivity index (χ1n) is 8.75. The van der Waals surface area contributed by atoms with Crippen LogP contribution in [-0.2, 0) is 6.42 Å². The monoisotopic (exact) mass is 352 g/mol. The summed E-state index contributed by atoms with van der Waals surface area (Å²) >= 11 is 0. The van der Waals surface area contributed by atoms with Crippen molar-refractivity contribution in [2.75, 3.05) is 11.9 Å². The van der Waals surface area contributed by atoms with Crippen LogP contribution in [0.1, 0.15) is 41.2 Å². The second-order valence-electron chi connectivity index (χ2n) is 6.69. The molecule has 26 heavy (non-hydrogen) atoms. The number of H-pyrrole nitrogens is 1. The van der Waals surface area contributed by atoms with Crippen LogP contribution in [0.15, 0.2) is 24.5 Å². The molecule has 0 fully saturated rings. The number of rotatable bonds is 6. The number of aromatic nitrogens is 4. The smallest absolute Gasteiger partial charge is 0.254 e. The molecule has 0 aliphatic carbocycles. The molecule has 0 saturated heterocycles. The number of aromatic amines is 1. The molecule has 0 aliphatic heterocycles. The molecule has 3 N–H and O–H groups in total. The van der Waals surface area contributed by atoms with Gasteiger partial charge < -0.3 is 15.6 Å². The van der Waals surface area contributed by atoms with E-state index in [1.807, 2.05) is 19.9 Å². The van der Waals surface area contributed by atoms with Gasteiger partial charge >= 0.3 is 0 Å². The molecule has 1 amide bonds. The first kappa shape index (κ1) is 17.8. The Hall–Kier alpha value is -2.96. The van der Waals surface area contributed by atoms with Crippen molar-refractivity contribution in [1.82, 2.24) is 25.3 Å². The topological polar surface area (TPSA) is 95.6 Å². The lowest BCUT2D eigenvalue weighted by atomic mass is 10.1. The molecule has 2 aromatic heterocycles. The maximum absolute atomic E-state index is 12.2. The Morgan fingerprint density at radius 1 is 1.19 bits per heavy atom. The molecule has 0 unspecified atom stereocenters. The van der Waals surface area contributed by atoms with Crippen molar-refractivity contribution in [3.63, 3.8) is 0 Å². The Labute approximate surface area is 152 Å². The van der Waals surface area contributed by atoms with E-state index in [2.05, 4.69) is 50.5 Å². The van der Waals surface area contributed by atoms with Crippen molar-refractivity contribution in [1.29, 1.82) is 0 Å². The molecule has 3 rings (SSSR count). The molecule has 3 aromatic rings. The van der Waals surface area contributed by atoms with Gasteiger partial charge in [0.05, 0.1) is 16.6 Å². The predicted molar refractivity (Wildman–Crippen MR) is 102 cm³/mol. The number of aryl methyl sites for hydroxylation is 2. The first-order valence-corrected chi connectivity index (χ1v) is 8.75. The minimum atomic E-state index is -0.191. The Morgan fingerprint density at radius 3 is 2.62 bits per heavy atom. The fraction of sp³-hybridized carbons (Fsp3) is 0.368. The van der Waals surface area contributed by atoms with Crippen molar-refractivity contribution in [3.8, 4) is 0 Å². The van der Waals surface area contributed by atoms with Crippen LogP contribution in [0.5, 0.6) is 0 Å². The van der Waals surface area contributed by atoms with Crippen LogP contribution in [0, 0.1) is 13.8 Å². The van der Waals surface area contributed by atoms with E-state index in [0.29, 0.717) is 24.5 Å². The summed E-state index contributed by atoms with van der Waals surface area (Å²) in [6, 6.07) is 4.36. The molecule has 0 atom stereocenters. The molecule has 0 radical (unpaired) electrons. The average molecular weight is 352 g/mol. The molecule has 0 spiro atoms. The van der Waals surface area contributed by atoms with Gasteiger partial charge in [-0.2, -0.15) is 0 Å². The summed E-state index contributed by atoms with van der Waals surface area (Å²) < 4.78 is 0. The zero-order valence-electron chi connectivity index (χ0n) is 15.6. The largest absolute Gasteiger partial charge is 0.352 e. The van der Waals surface area contributed by atoms with Gasteiger partial charge in [0.2, 0.25) is 5.95 Å². The van der Waals surface area contributed by atoms with Gasteiger partial charge in [0, 0.05) is 31.4 Å². The van der Waals surface area contributed by atoms with E-state index >= 15 is 0 Å². The third kappa shape index (κ3) is 3.99. The minimum absolute atomic E-state index is 0.191. The molecule has 0 saturated carbocycles. The maximum Gasteiger partial charge on any atom is 0.254 e. The van der Waals surface area contributed by atoms with Gasteiger partial charge in [0.25, 0.3) is 5.91 Å². The molecule has 1 aromatic carbocycles. The summed E-state index contributed by atoms with van der Waals surface area (Å²) in [7, 11) is 0. The lowest BCUT2D eigenvalue weighted by molar-refractivity contribution is 0.0953. The van der Waals surface area contributed by atoms with Crippen molar-refractivity contribution < 1.29 is 4.79 Å². The van der Waals surface area contributed by atoms with Crippen LogP contribution in [0.25, 0.3) is 11.0 Å². The van der Waals surface area contributed by atoms with Crippen molar-refractivity contribution in [3.05, 3.63) is 47.0 Å². The van der Waals surface area contributed by atoms with Crippen LogP contribution in [0.3, 0.4) is 0 Å². The quantitative estimate of drug-likeness (QED) is 0.634. The minimum Gasteiger partial charge on any atom is -0.352 e. The highest BCUT2D eigenvalue weighted by Gasteiger charge is 2.09. The van der Waals surface area contributed by atoms with E-state index in [9.17, 15) is 4.79 Å². The summed E-state index contributed by atoms with van der Waals surface area (Å²) in [5.74, 6) is 1.19. The fourth-order valence-electron chi connectivity index (χ4n) is 2.66. The number of hydrogen-bond donors (Lipinski definition) is 3. The maximum atomic E-state index is 12.2. The SMILES string of the molecule is Cc1ccc2[nH]c(CCNC(=O)c3cnc(NC(C)C)nc3)nc2c1C. The lowest BCUT2D eigenvalue weighted by Crippen LogP contribution is -2.26. The van der Waals surface area contributed by atoms with E-state index in [1.165, 1.54) is 23.5 Å². The highest BCUT2D eigenvalue weighted by molar-refractivity contribution is 5.93. The summed E-state index contributed by atoms with van der Waals surface area (Å²) in [4.78, 5) is 28.4. The average Bonchev–Trinajstić information content (AvgIpc) is 3.02. The standard InChI is InChI=1S/C19H24N6O/c1-11(2)23-19-21-9-14(10-22-19)18(26)20-8-7-16-24-15-6-5-12(3)13(4)17(15)25-16/h5-6,9-11H,7-8H2,1-4H3,(H,20,26)(H,24,25)(H,21,22,23). The number of carbonyl (C=O) groups is 1. The van der Waals surface area contributed by atoms with E-state index in [1.54, 1.807) is 0 Å². The van der Waals surface area contributed by atoms with Gasteiger partial charge in [-0.15, -0.1) is 0 Å². The van der Waals surface area contributed by atoms with Crippen molar-refractivity contribution in [2.24, 2.45) is 0 Å². The van der Waals surface area contributed by atoms with Gasteiger partial charge in [0.1, 0.15) is 5.82 Å². The molecule has 7 nitrogen and oxygen atoms in total. The fourth-order valence-corrected chi connectivity index (χ4v) is 2.66. The first-order chi connectivity index (χ1) is 12.4. The van der Waals surface area contributed by atoms with Crippen molar-refractivity contribution >= 4 is 22.9 Å². The second kappa shape index (κ2) is 7.51. The number of imidazole rings is 1. The normalized spacial score (nSPS) is 11.1. The van der Waals surface area contributed by atoms with E-state index in [0.717, 1.165) is 16.9 Å². The molecule has 0 bridgehead atoms. The molecular formula is C19H24N6O. The summed E-state index contributed by atoms with van der Waals surface area (Å²) in [5.41, 5.74) is 4.86. The van der Waals surface area contributed by atoms with E-state index < -0.39 is 0 Å². The number of amides is 1. The molecular weight excluding hydrogens is 328 g/mol. The van der Waals surface area contributed by atoms with Crippen LogP contribution < -0.4 is 10.6 Å². The van der Waals surface area contributed by atoms with Gasteiger partial charge in [-0.1, -0.05) is 6.07 Å². The number of nitrogens with one attached hydrogen (secondary N) is 3. The summed E-state index contributed by atoms with van der Waals surface area (Å²) in [5, 5.41) is 5.97. The van der Waals surface area contributed by atoms with Gasteiger partial charge in [-0.05, 0) is 44.9 Å². The molecule has 2 heterocycles. The highest BCUT2D eigenvalue weighted by atomic mass is 16.1. The number of fused-ring (bicyclic) bond motifs is 1. The van der Waals surface area contributed by atoms with Gasteiger partial charge in [0.15, 0.2) is 0 Å². The third-order valence-corrected chi connectivity index (χ3v) is 4.21. The predicted octanol–water partition coefficient (Wildman–Crippen LogP) is 2.76. The Kier molecular flexibility index (Phi) is 5.16. The highest BCUT2D eigenvalue weighted by Crippen LogP contribution is 2.19. The number of hydrogen-bond acceptors (Lipinski definition) is 5.